The maximum Gasteiger partial charge on any atom is 0.141 e. The van der Waals surface area contributed by atoms with E-state index in [1.54, 1.807) is 6.07 Å². The molecule has 0 radical (unpaired) electrons. The van der Waals surface area contributed by atoms with E-state index in [2.05, 4.69) is 40.4 Å². The van der Waals surface area contributed by atoms with Crippen molar-refractivity contribution >= 4 is 38.3 Å². The summed E-state index contributed by atoms with van der Waals surface area (Å²) in [5, 5.41) is 0. The molecule has 4 nitrogen and oxygen atoms in total. The molecule has 0 aliphatic carbocycles. The predicted molar refractivity (Wildman–Crippen MR) is 92.1 cm³/mol. The molecule has 0 fully saturated rings. The number of benzene rings is 2. The number of rotatable bonds is 2. The summed E-state index contributed by atoms with van der Waals surface area (Å²) >= 11 is 3.49. The second kappa shape index (κ2) is 5.07. The summed E-state index contributed by atoms with van der Waals surface area (Å²) in [5.74, 6) is 0.886. The van der Waals surface area contributed by atoms with Gasteiger partial charge in [0.1, 0.15) is 5.82 Å². The number of anilines is 2. The first-order valence-electron chi connectivity index (χ1n) is 6.79. The average molecular weight is 345 g/mol. The van der Waals surface area contributed by atoms with Crippen molar-refractivity contribution in [1.82, 2.24) is 9.55 Å². The normalized spacial score (nSPS) is 11.4. The molecule has 0 amide bonds. The van der Waals surface area contributed by atoms with Crippen LogP contribution >= 0.6 is 15.9 Å². The lowest BCUT2D eigenvalue weighted by atomic mass is 10.1. The second-order valence-corrected chi connectivity index (χ2v) is 6.34. The molecular formula is C16H17BrN4. The highest BCUT2D eigenvalue weighted by atomic mass is 79.9. The fourth-order valence-corrected chi connectivity index (χ4v) is 2.95. The van der Waals surface area contributed by atoms with Crippen molar-refractivity contribution in [2.24, 2.45) is 0 Å². The van der Waals surface area contributed by atoms with Gasteiger partial charge >= 0.3 is 0 Å². The van der Waals surface area contributed by atoms with E-state index in [1.807, 2.05) is 24.3 Å². The number of hydrogen-bond acceptors (Lipinski definition) is 3. The topological polar surface area (TPSA) is 69.9 Å². The first-order chi connectivity index (χ1) is 9.95. The van der Waals surface area contributed by atoms with Gasteiger partial charge in [0.2, 0.25) is 0 Å². The highest BCUT2D eigenvalue weighted by Crippen LogP contribution is 2.31. The van der Waals surface area contributed by atoms with Gasteiger partial charge in [-0.05, 0) is 50.2 Å². The van der Waals surface area contributed by atoms with Gasteiger partial charge in [-0.25, -0.2) is 4.98 Å². The molecule has 0 aliphatic heterocycles. The highest BCUT2D eigenvalue weighted by molar-refractivity contribution is 9.10. The number of nitrogen functional groups attached to an aromatic ring is 2. The minimum absolute atomic E-state index is 0.286. The molecule has 108 valence electrons. The molecule has 0 saturated heterocycles. The number of nitrogens with two attached hydrogens (primary N) is 2. The van der Waals surface area contributed by atoms with E-state index < -0.39 is 0 Å². The second-order valence-electron chi connectivity index (χ2n) is 5.42. The summed E-state index contributed by atoms with van der Waals surface area (Å²) < 4.78 is 3.22. The summed E-state index contributed by atoms with van der Waals surface area (Å²) in [6.07, 6.45) is 0. The Labute approximate surface area is 131 Å². The van der Waals surface area contributed by atoms with E-state index in [1.165, 1.54) is 0 Å². The fraction of sp³-hybridized carbons (Fsp3) is 0.188. The van der Waals surface area contributed by atoms with E-state index >= 15 is 0 Å². The number of fused-ring (bicyclic) bond motifs is 1. The molecule has 1 aromatic heterocycles. The summed E-state index contributed by atoms with van der Waals surface area (Å²) in [6.45, 7) is 4.28. The van der Waals surface area contributed by atoms with Crippen LogP contribution in [0.25, 0.3) is 22.4 Å². The van der Waals surface area contributed by atoms with Crippen LogP contribution in [0.4, 0.5) is 11.4 Å². The Morgan fingerprint density at radius 3 is 2.33 bits per heavy atom. The molecule has 21 heavy (non-hydrogen) atoms. The van der Waals surface area contributed by atoms with Gasteiger partial charge < -0.3 is 16.0 Å². The zero-order valence-electron chi connectivity index (χ0n) is 12.0. The maximum atomic E-state index is 5.92. The molecule has 4 N–H and O–H groups in total. The van der Waals surface area contributed by atoms with Crippen molar-refractivity contribution in [3.05, 3.63) is 40.9 Å². The highest BCUT2D eigenvalue weighted by Gasteiger charge is 2.15. The minimum Gasteiger partial charge on any atom is -0.399 e. The Hall–Kier alpha value is -2.01. The number of hydrogen-bond donors (Lipinski definition) is 2. The van der Waals surface area contributed by atoms with Gasteiger partial charge in [-0.15, -0.1) is 0 Å². The summed E-state index contributed by atoms with van der Waals surface area (Å²) in [7, 11) is 0. The standard InChI is InChI=1S/C16H17BrN4/c1-9(2)21-15-4-3-11(17)7-14(15)20-16(21)10-5-12(18)8-13(19)6-10/h3-9H,18-19H2,1-2H3. The zero-order chi connectivity index (χ0) is 15.1. The lowest BCUT2D eigenvalue weighted by molar-refractivity contribution is 0.624. The Morgan fingerprint density at radius 1 is 1.05 bits per heavy atom. The maximum absolute atomic E-state index is 5.92. The van der Waals surface area contributed by atoms with Crippen molar-refractivity contribution in [2.75, 3.05) is 11.5 Å². The Kier molecular flexibility index (Phi) is 3.37. The Balaban J connectivity index is 2.33. The van der Waals surface area contributed by atoms with Crippen molar-refractivity contribution in [1.29, 1.82) is 0 Å². The van der Waals surface area contributed by atoms with Crippen LogP contribution in [0.2, 0.25) is 0 Å². The van der Waals surface area contributed by atoms with Gasteiger partial charge in [0, 0.05) is 27.5 Å². The van der Waals surface area contributed by atoms with Crippen LogP contribution in [0.1, 0.15) is 19.9 Å². The van der Waals surface area contributed by atoms with Crippen LogP contribution in [0.5, 0.6) is 0 Å². The third-order valence-electron chi connectivity index (χ3n) is 3.40. The fourth-order valence-electron chi connectivity index (χ4n) is 2.60. The lowest BCUT2D eigenvalue weighted by Crippen LogP contribution is -2.03. The quantitative estimate of drug-likeness (QED) is 0.684. The first-order valence-corrected chi connectivity index (χ1v) is 7.59. The predicted octanol–water partition coefficient (Wildman–Crippen LogP) is 4.21. The van der Waals surface area contributed by atoms with Crippen molar-refractivity contribution in [2.45, 2.75) is 19.9 Å². The monoisotopic (exact) mass is 344 g/mol. The molecule has 3 rings (SSSR count). The van der Waals surface area contributed by atoms with E-state index in [-0.39, 0.29) is 6.04 Å². The number of imidazole rings is 1. The molecule has 3 aromatic rings. The van der Waals surface area contributed by atoms with Crippen molar-refractivity contribution in [3.63, 3.8) is 0 Å². The molecule has 0 spiro atoms. The van der Waals surface area contributed by atoms with Gasteiger partial charge in [0.05, 0.1) is 11.0 Å². The summed E-state index contributed by atoms with van der Waals surface area (Å²) in [6, 6.07) is 12.0. The van der Waals surface area contributed by atoms with Gasteiger partial charge in [-0.1, -0.05) is 15.9 Å². The van der Waals surface area contributed by atoms with E-state index in [9.17, 15) is 0 Å². The van der Waals surface area contributed by atoms with E-state index in [0.717, 1.165) is 26.9 Å². The number of halogens is 1. The van der Waals surface area contributed by atoms with Crippen LogP contribution in [0, 0.1) is 0 Å². The van der Waals surface area contributed by atoms with Gasteiger partial charge in [-0.2, -0.15) is 0 Å². The lowest BCUT2D eigenvalue weighted by Gasteiger charge is -2.14. The van der Waals surface area contributed by atoms with Crippen molar-refractivity contribution < 1.29 is 0 Å². The Bertz CT molecular complexity index is 800. The molecule has 1 heterocycles. The molecule has 0 bridgehead atoms. The van der Waals surface area contributed by atoms with Crippen LogP contribution in [0.15, 0.2) is 40.9 Å². The molecular weight excluding hydrogens is 328 g/mol. The molecule has 5 heteroatoms. The van der Waals surface area contributed by atoms with Crippen LogP contribution in [0.3, 0.4) is 0 Å². The first kappa shape index (κ1) is 13.9. The van der Waals surface area contributed by atoms with E-state index in [0.29, 0.717) is 11.4 Å². The molecule has 0 atom stereocenters. The third-order valence-corrected chi connectivity index (χ3v) is 3.90. The Morgan fingerprint density at radius 2 is 1.71 bits per heavy atom. The number of aromatic nitrogens is 2. The molecule has 0 aliphatic rings. The minimum atomic E-state index is 0.286. The molecule has 0 unspecified atom stereocenters. The molecule has 0 saturated carbocycles. The molecule has 2 aromatic carbocycles. The smallest absolute Gasteiger partial charge is 0.141 e. The van der Waals surface area contributed by atoms with Crippen LogP contribution in [-0.2, 0) is 0 Å². The van der Waals surface area contributed by atoms with Gasteiger partial charge in [-0.3, -0.25) is 0 Å². The van der Waals surface area contributed by atoms with Crippen molar-refractivity contribution in [3.8, 4) is 11.4 Å². The van der Waals surface area contributed by atoms with Gasteiger partial charge in [0.15, 0.2) is 0 Å². The average Bonchev–Trinajstić information content (AvgIpc) is 2.75. The largest absolute Gasteiger partial charge is 0.399 e. The van der Waals surface area contributed by atoms with Gasteiger partial charge in [0.25, 0.3) is 0 Å². The van der Waals surface area contributed by atoms with Crippen LogP contribution < -0.4 is 11.5 Å². The third kappa shape index (κ3) is 2.49. The summed E-state index contributed by atoms with van der Waals surface area (Å²) in [4.78, 5) is 4.77. The summed E-state index contributed by atoms with van der Waals surface area (Å²) in [5.41, 5.74) is 16.1. The zero-order valence-corrected chi connectivity index (χ0v) is 13.6. The van der Waals surface area contributed by atoms with Crippen LogP contribution in [-0.4, -0.2) is 9.55 Å². The number of nitrogens with zero attached hydrogens (tertiary/aromatic N) is 2. The SMILES string of the molecule is CC(C)n1c(-c2cc(N)cc(N)c2)nc2cc(Br)ccc21. The van der Waals surface area contributed by atoms with E-state index in [4.69, 9.17) is 16.5 Å².